The van der Waals surface area contributed by atoms with Crippen molar-refractivity contribution in [3.63, 3.8) is 0 Å². The van der Waals surface area contributed by atoms with E-state index in [0.29, 0.717) is 5.56 Å². The zero-order chi connectivity index (χ0) is 18.6. The Hall–Kier alpha value is -2.92. The summed E-state index contributed by atoms with van der Waals surface area (Å²) in [5.74, 6) is 1.10. The number of benzene rings is 2. The number of hydrogen-bond acceptors (Lipinski definition) is 3. The minimum absolute atomic E-state index is 0.0943. The van der Waals surface area contributed by atoms with Gasteiger partial charge in [-0.15, -0.1) is 0 Å². The van der Waals surface area contributed by atoms with Crippen molar-refractivity contribution in [3.8, 4) is 0 Å². The Labute approximate surface area is 159 Å². The molecule has 2 aromatic carbocycles. The average molecular weight is 360 g/mol. The molecular weight excluding hydrogens is 336 g/mol. The zero-order valence-electron chi connectivity index (χ0n) is 15.5. The number of nitrogens with zero attached hydrogens (tertiary/aromatic N) is 2. The normalized spacial score (nSPS) is 14.0. The van der Waals surface area contributed by atoms with Crippen LogP contribution in [0.2, 0.25) is 0 Å². The fourth-order valence-electron chi connectivity index (χ4n) is 3.52. The van der Waals surface area contributed by atoms with Crippen molar-refractivity contribution in [1.82, 2.24) is 14.9 Å². The van der Waals surface area contributed by atoms with Crippen molar-refractivity contribution in [2.45, 2.75) is 38.9 Å². The number of fused-ring (bicyclic) bond motifs is 1. The summed E-state index contributed by atoms with van der Waals surface area (Å²) in [4.78, 5) is 16.8. The van der Waals surface area contributed by atoms with Gasteiger partial charge in [0.25, 0.3) is 5.91 Å². The molecule has 0 saturated heterocycles. The van der Waals surface area contributed by atoms with Crippen LogP contribution in [0.4, 0.5) is 5.69 Å². The van der Waals surface area contributed by atoms with Crippen molar-refractivity contribution in [2.75, 3.05) is 5.32 Å². The van der Waals surface area contributed by atoms with Crippen molar-refractivity contribution < 1.29 is 4.79 Å². The van der Waals surface area contributed by atoms with Crippen LogP contribution in [0, 0.1) is 0 Å². The molecule has 0 bridgehead atoms. The first kappa shape index (κ1) is 17.5. The van der Waals surface area contributed by atoms with Crippen molar-refractivity contribution in [3.05, 3.63) is 83.4 Å². The van der Waals surface area contributed by atoms with E-state index in [4.69, 9.17) is 0 Å². The van der Waals surface area contributed by atoms with Gasteiger partial charge in [0.15, 0.2) is 0 Å². The Bertz CT molecular complexity index is 932. The van der Waals surface area contributed by atoms with Gasteiger partial charge in [-0.2, -0.15) is 0 Å². The third kappa shape index (κ3) is 3.93. The Morgan fingerprint density at radius 1 is 1.19 bits per heavy atom. The van der Waals surface area contributed by atoms with Crippen LogP contribution >= 0.6 is 0 Å². The van der Waals surface area contributed by atoms with Crippen LogP contribution in [0.1, 0.15) is 46.8 Å². The lowest BCUT2D eigenvalue weighted by molar-refractivity contribution is 0.102. The van der Waals surface area contributed by atoms with Crippen LogP contribution in [0.5, 0.6) is 0 Å². The van der Waals surface area contributed by atoms with Crippen molar-refractivity contribution in [2.24, 2.45) is 0 Å². The summed E-state index contributed by atoms with van der Waals surface area (Å²) < 4.78 is 2.32. The number of nitrogens with one attached hydrogen (secondary N) is 2. The zero-order valence-corrected chi connectivity index (χ0v) is 15.5. The lowest BCUT2D eigenvalue weighted by Crippen LogP contribution is -2.20. The van der Waals surface area contributed by atoms with Gasteiger partial charge in [0, 0.05) is 43.0 Å². The molecule has 5 nitrogen and oxygen atoms in total. The number of amides is 1. The third-order valence-electron chi connectivity index (χ3n) is 5.07. The molecule has 0 radical (unpaired) electrons. The summed E-state index contributed by atoms with van der Waals surface area (Å²) in [6.45, 7) is 4.00. The van der Waals surface area contributed by atoms with Gasteiger partial charge in [0.05, 0.1) is 5.69 Å². The fraction of sp³-hybridized carbons (Fsp3) is 0.273. The highest BCUT2D eigenvalue weighted by molar-refractivity contribution is 6.04. The highest BCUT2D eigenvalue weighted by Gasteiger charge is 2.16. The minimum Gasteiger partial charge on any atom is -0.331 e. The molecule has 138 valence electrons. The molecule has 1 aliphatic rings. The maximum Gasteiger partial charge on any atom is 0.255 e. The Balaban J connectivity index is 1.40. The number of rotatable bonds is 6. The quantitative estimate of drug-likeness (QED) is 0.700. The lowest BCUT2D eigenvalue weighted by Gasteiger charge is -2.16. The highest BCUT2D eigenvalue weighted by Crippen LogP contribution is 2.20. The topological polar surface area (TPSA) is 59.0 Å². The molecular formula is C22H24N4O. The smallest absolute Gasteiger partial charge is 0.255 e. The van der Waals surface area contributed by atoms with E-state index in [-0.39, 0.29) is 11.9 Å². The summed E-state index contributed by atoms with van der Waals surface area (Å²) in [7, 11) is 0. The minimum atomic E-state index is -0.0943. The van der Waals surface area contributed by atoms with Gasteiger partial charge in [-0.1, -0.05) is 30.3 Å². The summed E-state index contributed by atoms with van der Waals surface area (Å²) in [5.41, 5.74) is 3.84. The first-order valence-electron chi connectivity index (χ1n) is 9.44. The van der Waals surface area contributed by atoms with Crippen LogP contribution < -0.4 is 10.6 Å². The molecule has 27 heavy (non-hydrogen) atoms. The van der Waals surface area contributed by atoms with Crippen LogP contribution in [0.15, 0.2) is 60.8 Å². The first-order valence-corrected chi connectivity index (χ1v) is 9.44. The van der Waals surface area contributed by atoms with E-state index < -0.39 is 0 Å². The molecule has 0 saturated carbocycles. The third-order valence-corrected chi connectivity index (χ3v) is 5.07. The molecule has 5 heteroatoms. The monoisotopic (exact) mass is 360 g/mol. The number of carbonyl (C=O) groups excluding carboxylic acids is 1. The number of carbonyl (C=O) groups is 1. The Kier molecular flexibility index (Phi) is 5.03. The largest absolute Gasteiger partial charge is 0.331 e. The Morgan fingerprint density at radius 2 is 2.04 bits per heavy atom. The summed E-state index contributed by atoms with van der Waals surface area (Å²) in [6.07, 6.45) is 4.25. The van der Waals surface area contributed by atoms with E-state index in [1.54, 1.807) is 0 Å². The average Bonchev–Trinajstić information content (AvgIpc) is 3.31. The van der Waals surface area contributed by atoms with E-state index in [1.165, 1.54) is 17.9 Å². The van der Waals surface area contributed by atoms with Gasteiger partial charge in [0.1, 0.15) is 5.82 Å². The van der Waals surface area contributed by atoms with Crippen LogP contribution in [0.3, 0.4) is 0 Å². The van der Waals surface area contributed by atoms with Gasteiger partial charge in [-0.05, 0) is 43.2 Å². The highest BCUT2D eigenvalue weighted by atomic mass is 16.1. The predicted octanol–water partition coefficient (Wildman–Crippen LogP) is 3.93. The molecule has 1 aromatic heterocycles. The summed E-state index contributed by atoms with van der Waals surface area (Å²) >= 11 is 0. The number of anilines is 1. The summed E-state index contributed by atoms with van der Waals surface area (Å²) in [5, 5.41) is 6.55. The van der Waals surface area contributed by atoms with E-state index in [9.17, 15) is 4.79 Å². The van der Waals surface area contributed by atoms with Crippen molar-refractivity contribution >= 4 is 11.6 Å². The SMILES string of the molecule is C[C@H](NCc1cnc2n1CCC2)c1cccc(NC(=O)c2ccccc2)c1. The second kappa shape index (κ2) is 7.76. The van der Waals surface area contributed by atoms with Crippen LogP contribution in [-0.2, 0) is 19.5 Å². The molecule has 2 heterocycles. The van der Waals surface area contributed by atoms with Gasteiger partial charge in [-0.25, -0.2) is 4.98 Å². The van der Waals surface area contributed by atoms with E-state index in [1.807, 2.05) is 54.7 Å². The van der Waals surface area contributed by atoms with Gasteiger partial charge in [0.2, 0.25) is 0 Å². The van der Waals surface area contributed by atoms with Gasteiger partial charge in [-0.3, -0.25) is 4.79 Å². The molecule has 1 atom stereocenters. The molecule has 3 aromatic rings. The maximum absolute atomic E-state index is 12.3. The molecule has 0 unspecified atom stereocenters. The number of imidazole rings is 1. The standard InChI is InChI=1S/C22H24N4O/c1-16(23-14-20-15-24-21-11-6-12-26(20)21)18-9-5-10-19(13-18)25-22(27)17-7-3-2-4-8-17/h2-5,7-10,13,15-16,23H,6,11-12,14H2,1H3,(H,25,27)/t16-/m0/s1. The van der Waals surface area contributed by atoms with E-state index in [2.05, 4.69) is 33.2 Å². The molecule has 2 N–H and O–H groups in total. The Morgan fingerprint density at radius 3 is 2.89 bits per heavy atom. The number of aryl methyl sites for hydroxylation is 1. The van der Waals surface area contributed by atoms with E-state index >= 15 is 0 Å². The van der Waals surface area contributed by atoms with Gasteiger partial charge >= 0.3 is 0 Å². The number of hydrogen-bond donors (Lipinski definition) is 2. The molecule has 0 spiro atoms. The van der Waals surface area contributed by atoms with Crippen LogP contribution in [-0.4, -0.2) is 15.5 Å². The van der Waals surface area contributed by atoms with Gasteiger partial charge < -0.3 is 15.2 Å². The summed E-state index contributed by atoms with van der Waals surface area (Å²) in [6, 6.07) is 17.4. The fourth-order valence-corrected chi connectivity index (χ4v) is 3.52. The van der Waals surface area contributed by atoms with Crippen molar-refractivity contribution in [1.29, 1.82) is 0 Å². The molecule has 4 rings (SSSR count). The van der Waals surface area contributed by atoms with E-state index in [0.717, 1.165) is 30.8 Å². The number of aromatic nitrogens is 2. The van der Waals surface area contributed by atoms with Crippen LogP contribution in [0.25, 0.3) is 0 Å². The molecule has 1 amide bonds. The maximum atomic E-state index is 12.3. The molecule has 0 fully saturated rings. The first-order chi connectivity index (χ1) is 13.2. The molecule has 0 aliphatic carbocycles. The molecule has 1 aliphatic heterocycles. The second-order valence-electron chi connectivity index (χ2n) is 6.97. The second-order valence-corrected chi connectivity index (χ2v) is 6.97. The lowest BCUT2D eigenvalue weighted by atomic mass is 10.1. The predicted molar refractivity (Wildman–Crippen MR) is 107 cm³/mol.